The van der Waals surface area contributed by atoms with Crippen LogP contribution in [0.2, 0.25) is 0 Å². The number of hydrogen-bond acceptors (Lipinski definition) is 19. The first-order valence-corrected chi connectivity index (χ1v) is 37.8. The highest BCUT2D eigenvalue weighted by atomic mass is 32.1. The van der Waals surface area contributed by atoms with E-state index in [0.29, 0.717) is 119 Å². The van der Waals surface area contributed by atoms with Gasteiger partial charge in [-0.3, -0.25) is 47.5 Å². The van der Waals surface area contributed by atoms with E-state index in [1.54, 1.807) is 215 Å². The number of carbonyl (C=O) groups is 7. The molecule has 0 spiro atoms. The molecule has 7 heterocycles. The van der Waals surface area contributed by atoms with Gasteiger partial charge < -0.3 is 64.1 Å². The minimum Gasteiger partial charge on any atom is -0.397 e. The molecule has 0 unspecified atom stereocenters. The van der Waals surface area contributed by atoms with E-state index in [-0.39, 0.29) is 41.0 Å². The molecule has 7 aromatic carbocycles. The van der Waals surface area contributed by atoms with Gasteiger partial charge in [0.25, 0.3) is 46.9 Å². The highest BCUT2D eigenvalue weighted by molar-refractivity contribution is 7.71. The van der Waals surface area contributed by atoms with Gasteiger partial charge in [0.1, 0.15) is 18.8 Å². The number of nitrogen functional groups attached to an aromatic ring is 3. The number of carbonyl (C=O) groups excluding carboxylic acids is 7. The zero-order chi connectivity index (χ0) is 79.0. The highest BCUT2D eigenvalue weighted by Crippen LogP contribution is 2.32. The minimum atomic E-state index is -0.582. The van der Waals surface area contributed by atoms with Crippen LogP contribution in [0, 0.1) is 13.9 Å². The molecule has 24 nitrogen and oxygen atoms in total. The number of para-hydroxylation sites is 2. The number of amides is 7. The number of hydroxylamine groups is 1. The Kier molecular flexibility index (Phi) is 27.4. The van der Waals surface area contributed by atoms with Crippen LogP contribution in [0.25, 0.3) is 31.1 Å². The predicted octanol–water partition coefficient (Wildman–Crippen LogP) is 15.6. The van der Waals surface area contributed by atoms with Crippen LogP contribution in [0.15, 0.2) is 271 Å². The SMILES string of the molecule is Nc1cc(-c2cccs2)ccc1NC(=O)c1ccc(CNC(=O)c2ccc[nH]c2=S)cc1.Nc1ccc(-c2cccs2)cc1NC(=O)c1ccc(CNC(=O)c2ccc[nH]c2=S)cc1.Nc1ccccc1NC(=O)c1ccc(Cn2sc3ncccc3c2=O)cc1.O=C(NO)c1ccc(CNC(=O)c2ccc[nH]c2=S)cc1. The van der Waals surface area contributed by atoms with Crippen molar-refractivity contribution in [3.63, 3.8) is 0 Å². The lowest BCUT2D eigenvalue weighted by atomic mass is 10.1. The summed E-state index contributed by atoms with van der Waals surface area (Å²) in [5, 5.41) is 30.1. The van der Waals surface area contributed by atoms with Crippen LogP contribution in [0.4, 0.5) is 34.1 Å². The summed E-state index contributed by atoms with van der Waals surface area (Å²) in [7, 11) is 0. The molecule has 0 aliphatic heterocycles. The Morgan fingerprint density at radius 2 is 0.821 bits per heavy atom. The molecule has 0 bridgehead atoms. The van der Waals surface area contributed by atoms with E-state index >= 15 is 0 Å². The number of H-pyrrole nitrogens is 3. The predicted molar refractivity (Wildman–Crippen MR) is 449 cm³/mol. The fraction of sp³-hybridized carbons (Fsp3) is 0.0488. The van der Waals surface area contributed by atoms with Crippen molar-refractivity contribution in [2.75, 3.05) is 33.2 Å². The minimum absolute atomic E-state index is 0.0514. The summed E-state index contributed by atoms with van der Waals surface area (Å²) < 4.78 is 2.82. The van der Waals surface area contributed by atoms with Crippen molar-refractivity contribution >= 4 is 157 Å². The summed E-state index contributed by atoms with van der Waals surface area (Å²) in [6.07, 6.45) is 6.68. The number of thiophene rings is 2. The average molecular weight is 1600 g/mol. The van der Waals surface area contributed by atoms with Gasteiger partial charge in [-0.25, -0.2) is 10.5 Å². The molecule has 17 N–H and O–H groups in total. The van der Waals surface area contributed by atoms with Crippen LogP contribution < -0.4 is 60.1 Å². The van der Waals surface area contributed by atoms with Crippen LogP contribution in [-0.2, 0) is 26.2 Å². The molecule has 0 saturated carbocycles. The number of hydrogen-bond donors (Lipinski definition) is 14. The molecular weight excluding hydrogens is 1530 g/mol. The molecule has 30 heteroatoms. The van der Waals surface area contributed by atoms with Crippen LogP contribution in [0.5, 0.6) is 0 Å². The van der Waals surface area contributed by atoms with Gasteiger partial charge in [-0.1, -0.05) is 122 Å². The Labute approximate surface area is 667 Å². The van der Waals surface area contributed by atoms with Gasteiger partial charge in [0.05, 0.1) is 62.7 Å². The quantitative estimate of drug-likeness (QED) is 0.0146. The van der Waals surface area contributed by atoms with Crippen LogP contribution in [-0.4, -0.2) is 70.5 Å². The number of aromatic amines is 3. The molecule has 14 rings (SSSR count). The molecule has 14 aromatic rings. The average Bonchev–Trinajstić information content (AvgIpc) is 1.68. The fourth-order valence-corrected chi connectivity index (χ4v) is 13.8. The molecule has 0 aliphatic rings. The van der Waals surface area contributed by atoms with Crippen molar-refractivity contribution < 1.29 is 38.8 Å². The van der Waals surface area contributed by atoms with Gasteiger partial charge >= 0.3 is 0 Å². The Morgan fingerprint density at radius 1 is 0.411 bits per heavy atom. The lowest BCUT2D eigenvalue weighted by Gasteiger charge is -2.11. The van der Waals surface area contributed by atoms with E-state index in [1.807, 2.05) is 83.6 Å². The van der Waals surface area contributed by atoms with Gasteiger partial charge in [0, 0.05) is 76.4 Å². The third-order valence-electron chi connectivity index (χ3n) is 16.7. The zero-order valence-corrected chi connectivity index (χ0v) is 63.9. The van der Waals surface area contributed by atoms with Crippen molar-refractivity contribution in [1.82, 2.24) is 45.3 Å². The van der Waals surface area contributed by atoms with E-state index in [1.165, 1.54) is 11.5 Å². The van der Waals surface area contributed by atoms with E-state index in [0.717, 1.165) is 48.0 Å². The molecule has 7 amide bonds. The number of nitrogens with two attached hydrogens (primary N) is 3. The zero-order valence-electron chi connectivity index (χ0n) is 59.0. The lowest BCUT2D eigenvalue weighted by molar-refractivity contribution is 0.0705. The van der Waals surface area contributed by atoms with Crippen molar-refractivity contribution in [2.45, 2.75) is 26.2 Å². The lowest BCUT2D eigenvalue weighted by Crippen LogP contribution is -2.23. The summed E-state index contributed by atoms with van der Waals surface area (Å²) in [5.74, 6) is -2.11. The maximum absolute atomic E-state index is 12.7. The molecule has 7 aromatic heterocycles. The van der Waals surface area contributed by atoms with Crippen molar-refractivity contribution in [1.29, 1.82) is 0 Å². The molecule has 0 aliphatic carbocycles. The first-order chi connectivity index (χ1) is 54.2. The number of anilines is 6. The van der Waals surface area contributed by atoms with Gasteiger partial charge in [-0.2, -0.15) is 0 Å². The summed E-state index contributed by atoms with van der Waals surface area (Å²) in [5.41, 5.74) is 31.3. The normalized spacial score (nSPS) is 10.5. The first-order valence-electron chi connectivity index (χ1n) is 34.0. The van der Waals surface area contributed by atoms with Crippen molar-refractivity contribution in [3.05, 3.63) is 352 Å². The van der Waals surface area contributed by atoms with Crippen LogP contribution in [0.1, 0.15) is 94.8 Å². The second-order valence-electron chi connectivity index (χ2n) is 24.3. The summed E-state index contributed by atoms with van der Waals surface area (Å²) in [6, 6.07) is 67.6. The molecule has 0 radical (unpaired) electrons. The van der Waals surface area contributed by atoms with E-state index in [2.05, 4.69) is 51.8 Å². The Morgan fingerprint density at radius 3 is 1.24 bits per heavy atom. The number of fused-ring (bicyclic) bond motifs is 1. The molecule has 0 saturated heterocycles. The van der Waals surface area contributed by atoms with Gasteiger partial charge in [0.15, 0.2) is 0 Å². The molecule has 112 heavy (non-hydrogen) atoms. The van der Waals surface area contributed by atoms with Gasteiger partial charge in [-0.05, 0) is 201 Å². The van der Waals surface area contributed by atoms with E-state index in [4.69, 9.17) is 59.1 Å². The smallest absolute Gasteiger partial charge is 0.274 e. The topological polar surface area (TPSA) is 384 Å². The summed E-state index contributed by atoms with van der Waals surface area (Å²) in [4.78, 5) is 113. The second-order valence-corrected chi connectivity index (χ2v) is 28.4. The van der Waals surface area contributed by atoms with Gasteiger partial charge in [0.2, 0.25) is 0 Å². The second kappa shape index (κ2) is 38.6. The van der Waals surface area contributed by atoms with E-state index in [9.17, 15) is 38.4 Å². The largest absolute Gasteiger partial charge is 0.397 e. The number of aromatic nitrogens is 5. The number of rotatable bonds is 20. The third kappa shape index (κ3) is 21.5. The number of nitrogens with zero attached hydrogens (tertiary/aromatic N) is 2. The van der Waals surface area contributed by atoms with Gasteiger partial charge in [-0.15, -0.1) is 22.7 Å². The summed E-state index contributed by atoms with van der Waals surface area (Å²) in [6.45, 7) is 1.39. The Balaban J connectivity index is 0.000000149. The summed E-state index contributed by atoms with van der Waals surface area (Å²) >= 11 is 19.9. The number of benzene rings is 7. The number of pyridine rings is 4. The van der Waals surface area contributed by atoms with Crippen LogP contribution in [0.3, 0.4) is 0 Å². The van der Waals surface area contributed by atoms with Crippen molar-refractivity contribution in [3.8, 4) is 20.9 Å². The third-order valence-corrected chi connectivity index (χ3v) is 20.6. The van der Waals surface area contributed by atoms with Crippen LogP contribution >= 0.6 is 70.9 Å². The molecular formula is C82H69N15O9S6. The number of nitrogens with one attached hydrogen (secondary N) is 10. The molecule has 562 valence electrons. The van der Waals surface area contributed by atoms with E-state index < -0.39 is 5.91 Å². The molecule has 0 fully saturated rings. The first kappa shape index (κ1) is 79.6. The van der Waals surface area contributed by atoms with Crippen molar-refractivity contribution in [2.24, 2.45) is 0 Å². The maximum atomic E-state index is 12.7. The highest BCUT2D eigenvalue weighted by Gasteiger charge is 2.17. The fourth-order valence-electron chi connectivity index (χ4n) is 10.7. The molecule has 0 atom stereocenters. The standard InChI is InChI=1S/2C24H20N4O2S2.C20H16N4O2S.C14H13N3O3S/c25-19-13-17(21-4-2-12-32-21)9-10-20(19)28-22(29)16-7-5-15(6-8-16)14-27-23(30)18-3-1-11-26-24(18)31;25-19-10-9-17(21-4-2-12-32-21)13-20(19)28-22(29)16-7-5-15(6-8-16)14-27-23(30)18-3-1-11-26-24(18)31;21-16-5-1-2-6-17(16)23-18(25)14-9-7-13(8-10-14)12-24-20(26)15-4-3-11-22-19(15)27-24;18-12(17-20)10-5-3-9(4-6-10)8-16-13(19)11-2-1-7-15-14(11)21/h2*1-13H,14,25H2,(H,26,31)(H,27,30)(H,28,29);1-11H,12,21H2,(H,23,25);1-7,20H,8H2,(H,15,21)(H,16,19)(H,17,18). The Hall–Kier alpha value is -13.5. The monoisotopic (exact) mass is 1600 g/mol. The maximum Gasteiger partial charge on any atom is 0.274 e. The Bertz CT molecular complexity index is 5950.